The molecule has 0 aliphatic rings. The summed E-state index contributed by atoms with van der Waals surface area (Å²) in [4.78, 5) is 0. The fourth-order valence-corrected chi connectivity index (χ4v) is 1.47. The zero-order chi connectivity index (χ0) is 10.8. The third kappa shape index (κ3) is 3.06. The largest absolute Gasteiger partial charge is 0.478 e. The van der Waals surface area contributed by atoms with Crippen LogP contribution in [-0.4, -0.2) is 6.07 Å². The molecule has 1 rings (SSSR count). The summed E-state index contributed by atoms with van der Waals surface area (Å²) in [6.07, 6.45) is -4.38. The number of halogens is 5. The molecule has 0 amide bonds. The van der Waals surface area contributed by atoms with Gasteiger partial charge < -0.3 is 4.74 Å². The van der Waals surface area contributed by atoms with Crippen LogP contribution in [0.3, 0.4) is 0 Å². The fourth-order valence-electron chi connectivity index (χ4n) is 0.873. The second-order valence-electron chi connectivity index (χ2n) is 2.43. The molecule has 78 valence electrons. The summed E-state index contributed by atoms with van der Waals surface area (Å²) in [5.41, 5.74) is -0.771. The van der Waals surface area contributed by atoms with Crippen molar-refractivity contribution in [2.24, 2.45) is 0 Å². The van der Waals surface area contributed by atoms with E-state index in [1.807, 2.05) is 0 Å². The summed E-state index contributed by atoms with van der Waals surface area (Å²) in [7, 11) is 0. The molecule has 0 heterocycles. The third-order valence-electron chi connectivity index (χ3n) is 1.42. The molecule has 0 bridgehead atoms. The van der Waals surface area contributed by atoms with Gasteiger partial charge in [0.05, 0.1) is 5.56 Å². The van der Waals surface area contributed by atoms with Crippen LogP contribution in [0.25, 0.3) is 0 Å². The molecule has 0 radical (unpaired) electrons. The van der Waals surface area contributed by atoms with E-state index in [-0.39, 0.29) is 11.8 Å². The lowest BCUT2D eigenvalue weighted by molar-refractivity contribution is -0.137. The van der Waals surface area contributed by atoms with E-state index in [0.717, 1.165) is 12.1 Å². The fraction of sp³-hybridized carbons (Fsp3) is 0.250. The van der Waals surface area contributed by atoms with Gasteiger partial charge in [0.2, 0.25) is 0 Å². The van der Waals surface area contributed by atoms with Gasteiger partial charge in [-0.1, -0.05) is 27.5 Å². The van der Waals surface area contributed by atoms with Gasteiger partial charge in [-0.05, 0) is 18.2 Å². The van der Waals surface area contributed by atoms with Crippen molar-refractivity contribution >= 4 is 27.5 Å². The number of hydrogen-bond donors (Lipinski definition) is 0. The quantitative estimate of drug-likeness (QED) is 0.747. The number of benzene rings is 1. The predicted molar refractivity (Wildman–Crippen MR) is 50.5 cm³/mol. The van der Waals surface area contributed by atoms with E-state index in [4.69, 9.17) is 16.3 Å². The summed E-state index contributed by atoms with van der Waals surface area (Å²) in [5, 5.41) is 0. The van der Waals surface area contributed by atoms with Gasteiger partial charge in [0.1, 0.15) is 5.75 Å². The summed E-state index contributed by atoms with van der Waals surface area (Å²) in [6, 6.07) is 3.10. The van der Waals surface area contributed by atoms with Crippen LogP contribution in [0.1, 0.15) is 5.56 Å². The highest BCUT2D eigenvalue weighted by atomic mass is 79.9. The number of ether oxygens (including phenoxy) is 1. The minimum absolute atomic E-state index is 0.0849. The smallest absolute Gasteiger partial charge is 0.416 e. The molecule has 14 heavy (non-hydrogen) atoms. The highest BCUT2D eigenvalue weighted by Crippen LogP contribution is 2.34. The first kappa shape index (κ1) is 11.7. The molecule has 0 aliphatic heterocycles. The molecule has 0 atom stereocenters. The molecule has 0 saturated carbocycles. The molecule has 0 aliphatic carbocycles. The lowest BCUT2D eigenvalue weighted by Gasteiger charge is -2.09. The average molecular weight is 289 g/mol. The first-order valence-electron chi connectivity index (χ1n) is 3.50. The van der Waals surface area contributed by atoms with Crippen LogP contribution in [0.2, 0.25) is 0 Å². The van der Waals surface area contributed by atoms with Gasteiger partial charge in [-0.25, -0.2) is 0 Å². The Morgan fingerprint density at radius 1 is 1.29 bits per heavy atom. The highest BCUT2D eigenvalue weighted by molar-refractivity contribution is 9.10. The van der Waals surface area contributed by atoms with Crippen LogP contribution in [0, 0.1) is 0 Å². The first-order chi connectivity index (χ1) is 6.43. The van der Waals surface area contributed by atoms with Gasteiger partial charge in [-0.3, -0.25) is 0 Å². The van der Waals surface area contributed by atoms with E-state index < -0.39 is 11.7 Å². The van der Waals surface area contributed by atoms with Crippen molar-refractivity contribution < 1.29 is 17.9 Å². The summed E-state index contributed by atoms with van der Waals surface area (Å²) in [6.45, 7) is 0. The van der Waals surface area contributed by atoms with Crippen molar-refractivity contribution in [2.45, 2.75) is 6.18 Å². The second kappa shape index (κ2) is 4.40. The third-order valence-corrected chi connectivity index (χ3v) is 1.99. The van der Waals surface area contributed by atoms with E-state index in [0.29, 0.717) is 4.47 Å². The first-order valence-corrected chi connectivity index (χ1v) is 4.83. The zero-order valence-corrected chi connectivity index (χ0v) is 9.08. The number of alkyl halides is 4. The highest BCUT2D eigenvalue weighted by Gasteiger charge is 2.31. The average Bonchev–Trinajstić information content (AvgIpc) is 2.02. The lowest BCUT2D eigenvalue weighted by atomic mass is 10.2. The van der Waals surface area contributed by atoms with E-state index >= 15 is 0 Å². The molecule has 0 spiro atoms. The molecule has 0 N–H and O–H groups in total. The van der Waals surface area contributed by atoms with Crippen molar-refractivity contribution in [1.29, 1.82) is 0 Å². The predicted octanol–water partition coefficient (Wildman–Crippen LogP) is 4.04. The Morgan fingerprint density at radius 2 is 1.93 bits per heavy atom. The Kier molecular flexibility index (Phi) is 3.66. The minimum atomic E-state index is -4.38. The maximum atomic E-state index is 12.3. The van der Waals surface area contributed by atoms with Crippen LogP contribution in [0.15, 0.2) is 22.7 Å². The lowest BCUT2D eigenvalue weighted by Crippen LogP contribution is -2.05. The maximum Gasteiger partial charge on any atom is 0.416 e. The summed E-state index contributed by atoms with van der Waals surface area (Å²) < 4.78 is 41.9. The van der Waals surface area contributed by atoms with Crippen LogP contribution >= 0.6 is 27.5 Å². The Hall–Kier alpha value is -0.420. The van der Waals surface area contributed by atoms with Crippen LogP contribution in [0.4, 0.5) is 13.2 Å². The molecule has 0 aromatic heterocycles. The van der Waals surface area contributed by atoms with Crippen LogP contribution < -0.4 is 4.74 Å². The maximum absolute atomic E-state index is 12.3. The van der Waals surface area contributed by atoms with Crippen LogP contribution in [0.5, 0.6) is 5.75 Å². The van der Waals surface area contributed by atoms with Crippen molar-refractivity contribution in [3.63, 3.8) is 0 Å². The van der Waals surface area contributed by atoms with Gasteiger partial charge in [0.25, 0.3) is 0 Å². The molecule has 1 aromatic carbocycles. The Morgan fingerprint density at radius 3 is 2.43 bits per heavy atom. The SMILES string of the molecule is FC(F)(F)c1cc(Br)cc(OCCl)c1. The molecule has 1 aromatic rings. The van der Waals surface area contributed by atoms with Gasteiger partial charge in [0.15, 0.2) is 6.07 Å². The Labute approximate surface area is 91.9 Å². The normalized spacial score (nSPS) is 11.5. The topological polar surface area (TPSA) is 9.23 Å². The van der Waals surface area contributed by atoms with E-state index in [1.165, 1.54) is 6.07 Å². The van der Waals surface area contributed by atoms with Crippen molar-refractivity contribution in [3.8, 4) is 5.75 Å². The van der Waals surface area contributed by atoms with Crippen molar-refractivity contribution in [2.75, 3.05) is 6.07 Å². The molecular weight excluding hydrogens is 284 g/mol. The summed E-state index contributed by atoms with van der Waals surface area (Å²) >= 11 is 8.19. The van der Waals surface area contributed by atoms with Crippen molar-refractivity contribution in [1.82, 2.24) is 0 Å². The Bertz CT molecular complexity index is 327. The summed E-state index contributed by atoms with van der Waals surface area (Å²) in [5.74, 6) is 0.0849. The van der Waals surface area contributed by atoms with E-state index in [9.17, 15) is 13.2 Å². The second-order valence-corrected chi connectivity index (χ2v) is 3.56. The van der Waals surface area contributed by atoms with E-state index in [1.54, 1.807) is 0 Å². The van der Waals surface area contributed by atoms with Gasteiger partial charge in [0, 0.05) is 4.47 Å². The standard InChI is InChI=1S/C8H5BrClF3O/c9-6-1-5(8(11,12)13)2-7(3-6)14-4-10/h1-3H,4H2. The molecule has 0 fully saturated rings. The number of rotatable bonds is 2. The van der Waals surface area contributed by atoms with Gasteiger partial charge in [-0.15, -0.1) is 0 Å². The van der Waals surface area contributed by atoms with Crippen molar-refractivity contribution in [3.05, 3.63) is 28.2 Å². The molecule has 6 heteroatoms. The van der Waals surface area contributed by atoms with Gasteiger partial charge >= 0.3 is 6.18 Å². The monoisotopic (exact) mass is 288 g/mol. The minimum Gasteiger partial charge on any atom is -0.478 e. The molecule has 1 nitrogen and oxygen atoms in total. The molecule has 0 saturated heterocycles. The molecule has 0 unspecified atom stereocenters. The zero-order valence-electron chi connectivity index (χ0n) is 6.74. The molecular formula is C8H5BrClF3O. The van der Waals surface area contributed by atoms with Gasteiger partial charge in [-0.2, -0.15) is 13.2 Å². The van der Waals surface area contributed by atoms with Crippen LogP contribution in [-0.2, 0) is 6.18 Å². The van der Waals surface area contributed by atoms with E-state index in [2.05, 4.69) is 15.9 Å². The number of hydrogen-bond acceptors (Lipinski definition) is 1. The Balaban J connectivity index is 3.07.